The Morgan fingerprint density at radius 1 is 1.40 bits per heavy atom. The Hall–Kier alpha value is -1.88. The van der Waals surface area contributed by atoms with E-state index in [-0.39, 0.29) is 0 Å². The molecule has 1 atom stereocenters. The van der Waals surface area contributed by atoms with Crippen LogP contribution in [0.2, 0.25) is 0 Å². The normalized spacial score (nSPS) is 11.9. The quantitative estimate of drug-likeness (QED) is 0.849. The maximum Gasteiger partial charge on any atom is 0.334 e. The minimum atomic E-state index is -0.688. The highest BCUT2D eigenvalue weighted by Gasteiger charge is 2.25. The van der Waals surface area contributed by atoms with Gasteiger partial charge in [-0.3, -0.25) is 0 Å². The minimum Gasteiger partial charge on any atom is -0.464 e. The molecule has 0 aliphatic rings. The standard InChI is InChI=1S/C15H16FNO2S/c1-3-19-15(18)13(14-10(2)8-9-20-14)17-12-7-5-4-6-11(12)16/h4-9,13,17H,3H2,1-2H3. The van der Waals surface area contributed by atoms with E-state index in [1.807, 2.05) is 18.4 Å². The summed E-state index contributed by atoms with van der Waals surface area (Å²) in [5.41, 5.74) is 1.27. The number of halogens is 1. The van der Waals surface area contributed by atoms with Crippen LogP contribution < -0.4 is 5.32 Å². The molecule has 1 heterocycles. The molecule has 0 aliphatic carbocycles. The van der Waals surface area contributed by atoms with Crippen LogP contribution in [-0.2, 0) is 9.53 Å². The molecule has 0 amide bonds. The van der Waals surface area contributed by atoms with Gasteiger partial charge in [0.25, 0.3) is 0 Å². The van der Waals surface area contributed by atoms with Crippen molar-refractivity contribution in [1.82, 2.24) is 0 Å². The lowest BCUT2D eigenvalue weighted by Gasteiger charge is -2.18. The predicted octanol–water partition coefficient (Wildman–Crippen LogP) is 3.91. The second kappa shape index (κ2) is 6.52. The second-order valence-corrected chi connectivity index (χ2v) is 5.22. The van der Waals surface area contributed by atoms with E-state index in [0.717, 1.165) is 10.4 Å². The van der Waals surface area contributed by atoms with Crippen molar-refractivity contribution in [1.29, 1.82) is 0 Å². The zero-order chi connectivity index (χ0) is 14.5. The first-order valence-corrected chi connectivity index (χ1v) is 7.23. The molecule has 0 saturated heterocycles. The number of carbonyl (C=O) groups excluding carboxylic acids is 1. The van der Waals surface area contributed by atoms with Gasteiger partial charge in [-0.2, -0.15) is 0 Å². The fourth-order valence-corrected chi connectivity index (χ4v) is 2.83. The lowest BCUT2D eigenvalue weighted by molar-refractivity contribution is -0.144. The summed E-state index contributed by atoms with van der Waals surface area (Å²) in [4.78, 5) is 12.9. The van der Waals surface area contributed by atoms with Crippen molar-refractivity contribution in [2.75, 3.05) is 11.9 Å². The van der Waals surface area contributed by atoms with Gasteiger partial charge in [-0.15, -0.1) is 11.3 Å². The lowest BCUT2D eigenvalue weighted by atomic mass is 10.1. The molecule has 2 rings (SSSR count). The summed E-state index contributed by atoms with van der Waals surface area (Å²) in [7, 11) is 0. The van der Waals surface area contributed by atoms with E-state index in [9.17, 15) is 9.18 Å². The highest BCUT2D eigenvalue weighted by molar-refractivity contribution is 7.10. The molecule has 0 fully saturated rings. The van der Waals surface area contributed by atoms with Crippen molar-refractivity contribution in [2.45, 2.75) is 19.9 Å². The number of ether oxygens (including phenoxy) is 1. The summed E-state index contributed by atoms with van der Waals surface area (Å²) in [6.45, 7) is 3.96. The molecule has 106 valence electrons. The summed E-state index contributed by atoms with van der Waals surface area (Å²) in [5.74, 6) is -0.794. The van der Waals surface area contributed by atoms with Gasteiger partial charge in [-0.05, 0) is 43.0 Å². The molecule has 3 nitrogen and oxygen atoms in total. The van der Waals surface area contributed by atoms with Crippen LogP contribution in [0, 0.1) is 12.7 Å². The zero-order valence-corrected chi connectivity index (χ0v) is 12.2. The van der Waals surface area contributed by atoms with Crippen LogP contribution in [0.4, 0.5) is 10.1 Å². The molecule has 2 aromatic rings. The first-order valence-electron chi connectivity index (χ1n) is 6.35. The van der Waals surface area contributed by atoms with Gasteiger partial charge in [-0.25, -0.2) is 9.18 Å². The summed E-state index contributed by atoms with van der Waals surface area (Å²) in [6.07, 6.45) is 0. The Bertz CT molecular complexity index is 597. The molecule has 0 saturated carbocycles. The Morgan fingerprint density at radius 2 is 2.15 bits per heavy atom. The van der Waals surface area contributed by atoms with Crippen LogP contribution in [0.15, 0.2) is 35.7 Å². The highest BCUT2D eigenvalue weighted by Crippen LogP contribution is 2.29. The number of rotatable bonds is 5. The number of para-hydroxylation sites is 1. The average Bonchev–Trinajstić information content (AvgIpc) is 2.84. The van der Waals surface area contributed by atoms with E-state index in [2.05, 4.69) is 5.32 Å². The van der Waals surface area contributed by atoms with Gasteiger partial charge >= 0.3 is 5.97 Å². The van der Waals surface area contributed by atoms with Crippen molar-refractivity contribution in [3.63, 3.8) is 0 Å². The molecule has 1 N–H and O–H groups in total. The molecule has 20 heavy (non-hydrogen) atoms. The number of nitrogens with one attached hydrogen (secondary N) is 1. The molecule has 5 heteroatoms. The summed E-state index contributed by atoms with van der Waals surface area (Å²) >= 11 is 1.45. The molecule has 0 aliphatic heterocycles. The Labute approximate surface area is 121 Å². The van der Waals surface area contributed by atoms with E-state index < -0.39 is 17.8 Å². The van der Waals surface area contributed by atoms with E-state index in [1.165, 1.54) is 17.4 Å². The van der Waals surface area contributed by atoms with Crippen molar-refractivity contribution in [3.05, 3.63) is 52.0 Å². The van der Waals surface area contributed by atoms with Gasteiger partial charge in [-0.1, -0.05) is 12.1 Å². The van der Waals surface area contributed by atoms with Gasteiger partial charge in [0.1, 0.15) is 5.82 Å². The van der Waals surface area contributed by atoms with Gasteiger partial charge < -0.3 is 10.1 Å². The summed E-state index contributed by atoms with van der Waals surface area (Å²) in [5, 5.41) is 4.84. The summed E-state index contributed by atoms with van der Waals surface area (Å²) in [6, 6.07) is 7.52. The third-order valence-corrected chi connectivity index (χ3v) is 3.94. The van der Waals surface area contributed by atoms with Crippen molar-refractivity contribution < 1.29 is 13.9 Å². The SMILES string of the molecule is CCOC(=O)C(Nc1ccccc1F)c1sccc1C. The van der Waals surface area contributed by atoms with E-state index in [4.69, 9.17) is 4.74 Å². The number of carbonyl (C=O) groups is 1. The van der Waals surface area contributed by atoms with Gasteiger partial charge in [0.05, 0.1) is 12.3 Å². The van der Waals surface area contributed by atoms with Crippen LogP contribution in [0.25, 0.3) is 0 Å². The number of thiophene rings is 1. The van der Waals surface area contributed by atoms with Crippen molar-refractivity contribution in [3.8, 4) is 0 Å². The average molecular weight is 293 g/mol. The third-order valence-electron chi connectivity index (χ3n) is 2.86. The maximum atomic E-state index is 13.7. The zero-order valence-electron chi connectivity index (χ0n) is 11.4. The fourth-order valence-electron chi connectivity index (χ4n) is 1.87. The van der Waals surface area contributed by atoms with E-state index >= 15 is 0 Å². The molecule has 1 unspecified atom stereocenters. The second-order valence-electron chi connectivity index (χ2n) is 4.28. The van der Waals surface area contributed by atoms with Crippen LogP contribution in [-0.4, -0.2) is 12.6 Å². The number of anilines is 1. The van der Waals surface area contributed by atoms with E-state index in [1.54, 1.807) is 25.1 Å². The molecule has 0 bridgehead atoms. The number of benzene rings is 1. The van der Waals surface area contributed by atoms with Gasteiger partial charge in [0.15, 0.2) is 6.04 Å². The third kappa shape index (κ3) is 3.17. The Morgan fingerprint density at radius 3 is 2.75 bits per heavy atom. The minimum absolute atomic E-state index is 0.290. The number of aryl methyl sites for hydroxylation is 1. The molecule has 0 spiro atoms. The monoisotopic (exact) mass is 293 g/mol. The number of esters is 1. The summed E-state index contributed by atoms with van der Waals surface area (Å²) < 4.78 is 18.8. The predicted molar refractivity (Wildman–Crippen MR) is 78.5 cm³/mol. The number of hydrogen-bond donors (Lipinski definition) is 1. The molecular weight excluding hydrogens is 277 g/mol. The van der Waals surface area contributed by atoms with E-state index in [0.29, 0.717) is 12.3 Å². The molecule has 1 aromatic heterocycles. The Kier molecular flexibility index (Phi) is 4.74. The Balaban J connectivity index is 2.31. The number of hydrogen-bond acceptors (Lipinski definition) is 4. The van der Waals surface area contributed by atoms with Crippen LogP contribution >= 0.6 is 11.3 Å². The van der Waals surface area contributed by atoms with Crippen molar-refractivity contribution >= 4 is 23.0 Å². The topological polar surface area (TPSA) is 38.3 Å². The van der Waals surface area contributed by atoms with Crippen molar-refractivity contribution in [2.24, 2.45) is 0 Å². The fraction of sp³-hybridized carbons (Fsp3) is 0.267. The van der Waals surface area contributed by atoms with Crippen LogP contribution in [0.1, 0.15) is 23.4 Å². The first kappa shape index (κ1) is 14.5. The van der Waals surface area contributed by atoms with Crippen LogP contribution in [0.5, 0.6) is 0 Å². The van der Waals surface area contributed by atoms with Gasteiger partial charge in [0.2, 0.25) is 0 Å². The maximum absolute atomic E-state index is 13.7. The smallest absolute Gasteiger partial charge is 0.334 e. The first-order chi connectivity index (χ1) is 9.63. The molecule has 1 aromatic carbocycles. The van der Waals surface area contributed by atoms with Gasteiger partial charge in [0, 0.05) is 4.88 Å². The lowest BCUT2D eigenvalue weighted by Crippen LogP contribution is -2.23. The largest absolute Gasteiger partial charge is 0.464 e. The van der Waals surface area contributed by atoms with Crippen LogP contribution in [0.3, 0.4) is 0 Å². The highest BCUT2D eigenvalue weighted by atomic mass is 32.1. The molecular formula is C15H16FNO2S. The molecule has 0 radical (unpaired) electrons.